The van der Waals surface area contributed by atoms with Gasteiger partial charge in [-0.3, -0.25) is 4.98 Å². The van der Waals surface area contributed by atoms with E-state index in [9.17, 15) is 18.3 Å². The van der Waals surface area contributed by atoms with Crippen LogP contribution in [0.25, 0.3) is 33.2 Å². The van der Waals surface area contributed by atoms with Gasteiger partial charge in [-0.05, 0) is 41.0 Å². The van der Waals surface area contributed by atoms with E-state index in [2.05, 4.69) is 4.98 Å². The molecule has 3 aromatic carbocycles. The maximum atomic E-state index is 13.5. The number of hydrogen-bond acceptors (Lipinski definition) is 3. The number of phenolic OH excluding ortho intramolecular Hbond substituents is 1. The Hall–Kier alpha value is -3.38. The van der Waals surface area contributed by atoms with Crippen molar-refractivity contribution in [1.82, 2.24) is 4.98 Å². The van der Waals surface area contributed by atoms with Crippen molar-refractivity contribution in [3.63, 3.8) is 0 Å². The molecule has 146 valence electrons. The van der Waals surface area contributed by atoms with Gasteiger partial charge in [0.05, 0.1) is 11.1 Å². The number of halogens is 3. The maximum Gasteiger partial charge on any atom is 0.418 e. The zero-order valence-electron chi connectivity index (χ0n) is 15.2. The third kappa shape index (κ3) is 3.54. The van der Waals surface area contributed by atoms with Crippen molar-refractivity contribution in [2.45, 2.75) is 12.7 Å². The van der Waals surface area contributed by atoms with E-state index in [-0.39, 0.29) is 11.3 Å². The van der Waals surface area contributed by atoms with Crippen molar-refractivity contribution >= 4 is 10.9 Å². The fourth-order valence-electron chi connectivity index (χ4n) is 3.51. The summed E-state index contributed by atoms with van der Waals surface area (Å²) in [5, 5.41) is 10.3. The fraction of sp³-hybridized carbons (Fsp3) is 0.0870. The number of aromatic nitrogens is 1. The second kappa shape index (κ2) is 7.22. The van der Waals surface area contributed by atoms with E-state index in [4.69, 9.17) is 5.73 Å². The third-order valence-corrected chi connectivity index (χ3v) is 4.81. The Morgan fingerprint density at radius 3 is 2.34 bits per heavy atom. The van der Waals surface area contributed by atoms with Crippen LogP contribution in [0.1, 0.15) is 11.1 Å². The lowest BCUT2D eigenvalue weighted by Crippen LogP contribution is -2.07. The maximum absolute atomic E-state index is 13.5. The van der Waals surface area contributed by atoms with Crippen LogP contribution in [-0.4, -0.2) is 10.1 Å². The summed E-state index contributed by atoms with van der Waals surface area (Å²) in [6.07, 6.45) is -3.07. The van der Waals surface area contributed by atoms with Crippen molar-refractivity contribution in [3.8, 4) is 28.0 Å². The Bertz CT molecular complexity index is 1200. The highest BCUT2D eigenvalue weighted by molar-refractivity contribution is 6.03. The zero-order valence-corrected chi connectivity index (χ0v) is 15.2. The summed E-state index contributed by atoms with van der Waals surface area (Å²) in [5.41, 5.74) is 8.36. The number of nitrogens with two attached hydrogens (primary N) is 1. The number of benzene rings is 3. The molecule has 0 aliphatic rings. The van der Waals surface area contributed by atoms with E-state index in [0.29, 0.717) is 28.6 Å². The number of para-hydroxylation sites is 1. The second-order valence-corrected chi connectivity index (χ2v) is 6.70. The normalized spacial score (nSPS) is 11.7. The summed E-state index contributed by atoms with van der Waals surface area (Å²) in [4.78, 5) is 4.17. The van der Waals surface area contributed by atoms with Crippen LogP contribution in [0.5, 0.6) is 5.75 Å². The summed E-state index contributed by atoms with van der Waals surface area (Å²) >= 11 is 0. The Balaban J connectivity index is 2.10. The number of alkyl halides is 3. The fourth-order valence-corrected chi connectivity index (χ4v) is 3.51. The molecule has 4 aromatic rings. The Kier molecular flexibility index (Phi) is 4.72. The molecule has 0 fully saturated rings. The number of nitrogens with zero attached hydrogens (tertiary/aromatic N) is 1. The van der Waals surface area contributed by atoms with Crippen molar-refractivity contribution in [3.05, 3.63) is 84.1 Å². The van der Waals surface area contributed by atoms with Crippen molar-refractivity contribution < 1.29 is 18.3 Å². The number of aromatic hydroxyl groups is 1. The van der Waals surface area contributed by atoms with Gasteiger partial charge in [0, 0.05) is 29.3 Å². The standard InChI is InChI=1S/C23H17F3N2O/c24-23(25,26)20-9-3-8-18-21(16-6-2-7-17(29)11-16)19(13-28-22(18)20)15-5-1-4-14(10-15)12-27/h1-11,13,29H,12,27H2. The summed E-state index contributed by atoms with van der Waals surface area (Å²) < 4.78 is 40.6. The predicted molar refractivity (Wildman–Crippen MR) is 107 cm³/mol. The van der Waals surface area contributed by atoms with E-state index in [1.165, 1.54) is 24.4 Å². The van der Waals surface area contributed by atoms with Crippen molar-refractivity contribution in [2.24, 2.45) is 5.73 Å². The van der Waals surface area contributed by atoms with Gasteiger partial charge in [0.15, 0.2) is 0 Å². The quantitative estimate of drug-likeness (QED) is 0.465. The van der Waals surface area contributed by atoms with E-state index < -0.39 is 11.7 Å². The molecule has 0 unspecified atom stereocenters. The Morgan fingerprint density at radius 1 is 0.897 bits per heavy atom. The van der Waals surface area contributed by atoms with Gasteiger partial charge in [-0.15, -0.1) is 0 Å². The van der Waals surface area contributed by atoms with Crippen LogP contribution in [0.15, 0.2) is 72.9 Å². The van der Waals surface area contributed by atoms with Gasteiger partial charge in [-0.25, -0.2) is 0 Å². The molecule has 0 atom stereocenters. The molecule has 0 radical (unpaired) electrons. The smallest absolute Gasteiger partial charge is 0.418 e. The van der Waals surface area contributed by atoms with E-state index >= 15 is 0 Å². The number of hydrogen-bond donors (Lipinski definition) is 2. The number of fused-ring (bicyclic) bond motifs is 1. The molecule has 0 amide bonds. The minimum Gasteiger partial charge on any atom is -0.508 e. The molecule has 0 aliphatic heterocycles. The molecule has 3 nitrogen and oxygen atoms in total. The van der Waals surface area contributed by atoms with Crippen LogP contribution in [0.2, 0.25) is 0 Å². The molecule has 4 rings (SSSR count). The van der Waals surface area contributed by atoms with E-state index in [1.54, 1.807) is 18.2 Å². The van der Waals surface area contributed by atoms with E-state index in [1.807, 2.05) is 24.3 Å². The van der Waals surface area contributed by atoms with Crippen LogP contribution < -0.4 is 5.73 Å². The third-order valence-electron chi connectivity index (χ3n) is 4.81. The van der Waals surface area contributed by atoms with Crippen LogP contribution in [-0.2, 0) is 12.7 Å². The minimum absolute atomic E-state index is 0.0288. The molecule has 0 saturated heterocycles. The van der Waals surface area contributed by atoms with Crippen LogP contribution in [0, 0.1) is 0 Å². The minimum atomic E-state index is -4.52. The number of pyridine rings is 1. The first-order valence-electron chi connectivity index (χ1n) is 8.96. The lowest BCUT2D eigenvalue weighted by atomic mass is 9.91. The topological polar surface area (TPSA) is 59.1 Å². The number of rotatable bonds is 3. The molecule has 0 spiro atoms. The number of phenols is 1. The Morgan fingerprint density at radius 2 is 1.62 bits per heavy atom. The first-order chi connectivity index (χ1) is 13.9. The van der Waals surface area contributed by atoms with Gasteiger partial charge >= 0.3 is 6.18 Å². The predicted octanol–water partition coefficient (Wildman–Crippen LogP) is 5.75. The molecule has 6 heteroatoms. The average molecular weight is 394 g/mol. The second-order valence-electron chi connectivity index (χ2n) is 6.70. The molecule has 29 heavy (non-hydrogen) atoms. The monoisotopic (exact) mass is 394 g/mol. The van der Waals surface area contributed by atoms with Gasteiger partial charge < -0.3 is 10.8 Å². The molecular weight excluding hydrogens is 377 g/mol. The van der Waals surface area contributed by atoms with E-state index in [0.717, 1.165) is 17.2 Å². The lowest BCUT2D eigenvalue weighted by Gasteiger charge is -2.17. The lowest BCUT2D eigenvalue weighted by molar-refractivity contribution is -0.136. The molecule has 1 aromatic heterocycles. The summed E-state index contributed by atoms with van der Waals surface area (Å²) in [6, 6.07) is 18.0. The van der Waals surface area contributed by atoms with Crippen LogP contribution in [0.4, 0.5) is 13.2 Å². The largest absolute Gasteiger partial charge is 0.508 e. The highest BCUT2D eigenvalue weighted by Crippen LogP contribution is 2.42. The van der Waals surface area contributed by atoms with Gasteiger partial charge in [0.25, 0.3) is 0 Å². The van der Waals surface area contributed by atoms with Gasteiger partial charge in [0.1, 0.15) is 5.75 Å². The van der Waals surface area contributed by atoms with Crippen molar-refractivity contribution in [2.75, 3.05) is 0 Å². The molecule has 0 aliphatic carbocycles. The summed E-state index contributed by atoms with van der Waals surface area (Å²) in [5.74, 6) is 0.0288. The molecular formula is C23H17F3N2O. The molecule has 0 bridgehead atoms. The zero-order chi connectivity index (χ0) is 20.6. The first kappa shape index (κ1) is 19.0. The first-order valence-corrected chi connectivity index (χ1v) is 8.96. The van der Waals surface area contributed by atoms with Crippen LogP contribution >= 0.6 is 0 Å². The summed E-state index contributed by atoms with van der Waals surface area (Å²) in [7, 11) is 0. The Labute approximate surface area is 165 Å². The average Bonchev–Trinajstić information content (AvgIpc) is 2.71. The van der Waals surface area contributed by atoms with Gasteiger partial charge in [-0.2, -0.15) is 13.2 Å². The molecule has 0 saturated carbocycles. The van der Waals surface area contributed by atoms with Gasteiger partial charge in [-0.1, -0.05) is 42.5 Å². The van der Waals surface area contributed by atoms with Crippen molar-refractivity contribution in [1.29, 1.82) is 0 Å². The SMILES string of the molecule is NCc1cccc(-c2cnc3c(C(F)(F)F)cccc3c2-c2cccc(O)c2)c1. The molecule has 3 N–H and O–H groups in total. The van der Waals surface area contributed by atoms with Gasteiger partial charge in [0.2, 0.25) is 0 Å². The van der Waals surface area contributed by atoms with Crippen LogP contribution in [0.3, 0.4) is 0 Å². The summed E-state index contributed by atoms with van der Waals surface area (Å²) in [6.45, 7) is 0.342. The highest BCUT2D eigenvalue weighted by Gasteiger charge is 2.33. The highest BCUT2D eigenvalue weighted by atomic mass is 19.4. The molecule has 1 heterocycles.